The average Bonchev–Trinajstić information content (AvgIpc) is 2.71. The van der Waals surface area contributed by atoms with Gasteiger partial charge < -0.3 is 20.4 Å². The molecule has 0 aliphatic carbocycles. The maximum absolute atomic E-state index is 11.8. The molecule has 0 radical (unpaired) electrons. The number of aliphatic hydroxyl groups excluding tert-OH is 2. The Morgan fingerprint density at radius 3 is 2.38 bits per heavy atom. The summed E-state index contributed by atoms with van der Waals surface area (Å²) in [4.78, 5) is 39.7. The molecule has 1 fully saturated rings. The van der Waals surface area contributed by atoms with E-state index >= 15 is 0 Å². The van der Waals surface area contributed by atoms with Crippen LogP contribution < -0.4 is 5.32 Å². The number of nitrogens with zero attached hydrogens (tertiary/aromatic N) is 1. The van der Waals surface area contributed by atoms with E-state index in [1.807, 2.05) is 0 Å². The molecule has 0 aromatic rings. The highest BCUT2D eigenvalue weighted by atomic mass is 32.2. The smallest absolute Gasteiger partial charge is 0.396 e. The molecule has 1 heterocycles. The van der Waals surface area contributed by atoms with E-state index in [0.29, 0.717) is 10.8 Å². The summed E-state index contributed by atoms with van der Waals surface area (Å²) in [6, 6.07) is 0. The van der Waals surface area contributed by atoms with Gasteiger partial charge in [-0.05, 0) is 19.8 Å². The summed E-state index contributed by atoms with van der Waals surface area (Å²) in [6.45, 7) is 9.19. The van der Waals surface area contributed by atoms with Crippen LogP contribution in [0.25, 0.3) is 0 Å². The van der Waals surface area contributed by atoms with Gasteiger partial charge in [-0.25, -0.2) is 4.79 Å². The molecule has 3 N–H and O–H groups in total. The second kappa shape index (κ2) is 10.5. The molecule has 9 heteroatoms. The molecule has 0 bridgehead atoms. The van der Waals surface area contributed by atoms with Crippen LogP contribution in [0.15, 0.2) is 0 Å². The number of amides is 3. The quantitative estimate of drug-likeness (QED) is 0.600. The van der Waals surface area contributed by atoms with Gasteiger partial charge in [0.05, 0.1) is 30.4 Å². The lowest BCUT2D eigenvalue weighted by molar-refractivity contribution is -0.171. The lowest BCUT2D eigenvalue weighted by atomic mass is 10.1. The summed E-state index contributed by atoms with van der Waals surface area (Å²) in [5.41, 5.74) is -0.923. The molecule has 0 aromatic heterocycles. The van der Waals surface area contributed by atoms with Crippen molar-refractivity contribution in [3.63, 3.8) is 0 Å². The van der Waals surface area contributed by atoms with Crippen LogP contribution in [0.1, 0.15) is 41.0 Å². The van der Waals surface area contributed by atoms with E-state index < -0.39 is 28.7 Å². The first kappa shape index (κ1) is 22.7. The molecule has 1 atom stereocenters. The maximum Gasteiger partial charge on any atom is 0.432 e. The number of carbonyl (C=O) groups is 3. The molecule has 140 valence electrons. The third kappa shape index (κ3) is 8.51. The lowest BCUT2D eigenvalue weighted by Crippen LogP contribution is -2.49. The van der Waals surface area contributed by atoms with Gasteiger partial charge in [0.25, 0.3) is 11.8 Å². The molecular formula is C15H28N2O6S. The zero-order valence-corrected chi connectivity index (χ0v) is 15.7. The number of rotatable bonds is 6. The molecule has 8 nitrogen and oxygen atoms in total. The standard InChI is InChI=1S/C11H18N2O6S.C4H10/c1-11(2,6-15)12-10(18)19-13-8(16)5-7(9(13)17)20-4-3-14;1-4(2)3/h7,14-15H,3-6H2,1-2H3,(H,12,18);4H,1-3H3. The predicted molar refractivity (Wildman–Crippen MR) is 91.1 cm³/mol. The molecule has 1 unspecified atom stereocenters. The van der Waals surface area contributed by atoms with Crippen LogP contribution in [0.3, 0.4) is 0 Å². The Balaban J connectivity index is 0.00000118. The number of hydrogen-bond acceptors (Lipinski definition) is 7. The SMILES string of the molecule is CC(C)(CO)NC(=O)ON1C(=O)CC(SCCO)C1=O.CC(C)C. The zero-order valence-electron chi connectivity index (χ0n) is 14.9. The summed E-state index contributed by atoms with van der Waals surface area (Å²) in [5.74, 6) is -0.0749. The van der Waals surface area contributed by atoms with E-state index in [2.05, 4.69) is 30.9 Å². The van der Waals surface area contributed by atoms with Crippen molar-refractivity contribution in [3.05, 3.63) is 0 Å². The molecule has 24 heavy (non-hydrogen) atoms. The van der Waals surface area contributed by atoms with Gasteiger partial charge >= 0.3 is 6.09 Å². The van der Waals surface area contributed by atoms with Gasteiger partial charge in [0.2, 0.25) is 0 Å². The minimum atomic E-state index is -0.987. The van der Waals surface area contributed by atoms with Crippen molar-refractivity contribution in [1.82, 2.24) is 10.4 Å². The number of imide groups is 1. The highest BCUT2D eigenvalue weighted by Gasteiger charge is 2.42. The van der Waals surface area contributed by atoms with Crippen molar-refractivity contribution < 1.29 is 29.4 Å². The van der Waals surface area contributed by atoms with Gasteiger partial charge in [-0.15, -0.1) is 11.8 Å². The Morgan fingerprint density at radius 2 is 1.92 bits per heavy atom. The van der Waals surface area contributed by atoms with Crippen LogP contribution in [0.2, 0.25) is 0 Å². The van der Waals surface area contributed by atoms with E-state index in [9.17, 15) is 14.4 Å². The monoisotopic (exact) mass is 364 g/mol. The second-order valence-electron chi connectivity index (χ2n) is 6.59. The molecule has 1 aliphatic heterocycles. The van der Waals surface area contributed by atoms with Gasteiger partial charge in [-0.2, -0.15) is 0 Å². The van der Waals surface area contributed by atoms with Crippen LogP contribution in [-0.2, 0) is 14.4 Å². The number of aliphatic hydroxyl groups is 2. The van der Waals surface area contributed by atoms with Crippen LogP contribution in [-0.4, -0.2) is 62.9 Å². The molecular weight excluding hydrogens is 336 g/mol. The molecule has 0 saturated carbocycles. The third-order valence-electron chi connectivity index (χ3n) is 2.48. The topological polar surface area (TPSA) is 116 Å². The van der Waals surface area contributed by atoms with E-state index in [-0.39, 0.29) is 19.6 Å². The second-order valence-corrected chi connectivity index (χ2v) is 7.90. The van der Waals surface area contributed by atoms with Gasteiger partial charge in [0.1, 0.15) is 0 Å². The molecule has 0 spiro atoms. The minimum absolute atomic E-state index is 0.0693. The first-order valence-corrected chi connectivity index (χ1v) is 8.79. The van der Waals surface area contributed by atoms with Gasteiger partial charge in [0.15, 0.2) is 0 Å². The summed E-state index contributed by atoms with van der Waals surface area (Å²) < 4.78 is 0. The Labute approximate surface area is 146 Å². The Morgan fingerprint density at radius 1 is 1.38 bits per heavy atom. The normalized spacial score (nSPS) is 17.7. The van der Waals surface area contributed by atoms with Crippen molar-refractivity contribution in [2.45, 2.75) is 51.8 Å². The van der Waals surface area contributed by atoms with E-state index in [4.69, 9.17) is 10.2 Å². The van der Waals surface area contributed by atoms with Crippen molar-refractivity contribution in [2.75, 3.05) is 19.0 Å². The summed E-state index contributed by atoms with van der Waals surface area (Å²) >= 11 is 1.13. The van der Waals surface area contributed by atoms with Crippen molar-refractivity contribution in [1.29, 1.82) is 0 Å². The number of nitrogens with one attached hydrogen (secondary N) is 1. The first-order valence-electron chi connectivity index (χ1n) is 7.74. The Kier molecular flexibility index (Phi) is 9.95. The number of hydrogen-bond donors (Lipinski definition) is 3. The van der Waals surface area contributed by atoms with Crippen molar-refractivity contribution >= 4 is 29.7 Å². The Hall–Kier alpha value is -1.32. The summed E-state index contributed by atoms with van der Waals surface area (Å²) in [6.07, 6.45) is -1.06. The van der Waals surface area contributed by atoms with Crippen LogP contribution in [0.4, 0.5) is 4.79 Å². The largest absolute Gasteiger partial charge is 0.432 e. The minimum Gasteiger partial charge on any atom is -0.396 e. The van der Waals surface area contributed by atoms with Crippen molar-refractivity contribution in [2.24, 2.45) is 5.92 Å². The fraction of sp³-hybridized carbons (Fsp3) is 0.800. The zero-order chi connectivity index (χ0) is 18.9. The van der Waals surface area contributed by atoms with Gasteiger partial charge in [-0.3, -0.25) is 9.59 Å². The summed E-state index contributed by atoms with van der Waals surface area (Å²) in [7, 11) is 0. The van der Waals surface area contributed by atoms with E-state index in [0.717, 1.165) is 17.7 Å². The van der Waals surface area contributed by atoms with E-state index in [1.165, 1.54) is 0 Å². The lowest BCUT2D eigenvalue weighted by Gasteiger charge is -2.24. The number of hydroxylamine groups is 2. The Bertz CT molecular complexity index is 439. The average molecular weight is 364 g/mol. The highest BCUT2D eigenvalue weighted by molar-refractivity contribution is 8.00. The number of thioether (sulfide) groups is 1. The van der Waals surface area contributed by atoms with Crippen molar-refractivity contribution in [3.8, 4) is 0 Å². The maximum atomic E-state index is 11.8. The third-order valence-corrected chi connectivity index (χ3v) is 3.67. The highest BCUT2D eigenvalue weighted by Crippen LogP contribution is 2.25. The molecule has 0 aromatic carbocycles. The molecule has 1 rings (SSSR count). The van der Waals surface area contributed by atoms with Gasteiger partial charge in [-0.1, -0.05) is 25.8 Å². The molecule has 1 aliphatic rings. The first-order chi connectivity index (χ1) is 11.0. The number of carbonyl (C=O) groups excluding carboxylic acids is 3. The van der Waals surface area contributed by atoms with Crippen LogP contribution >= 0.6 is 11.8 Å². The molecule has 3 amide bonds. The fourth-order valence-electron chi connectivity index (χ4n) is 1.43. The van der Waals surface area contributed by atoms with Crippen LogP contribution in [0.5, 0.6) is 0 Å². The fourth-order valence-corrected chi connectivity index (χ4v) is 2.31. The predicted octanol–water partition coefficient (Wildman–Crippen LogP) is 0.914. The molecule has 1 saturated heterocycles. The van der Waals surface area contributed by atoms with E-state index in [1.54, 1.807) is 13.8 Å². The summed E-state index contributed by atoms with van der Waals surface area (Å²) in [5, 5.41) is 19.8. The van der Waals surface area contributed by atoms with Crippen LogP contribution in [0, 0.1) is 5.92 Å². The van der Waals surface area contributed by atoms with Gasteiger partial charge in [0, 0.05) is 5.75 Å².